The second-order valence-corrected chi connectivity index (χ2v) is 6.62. The molecule has 1 saturated heterocycles. The third kappa shape index (κ3) is 5.18. The van der Waals surface area contributed by atoms with E-state index in [-0.39, 0.29) is 36.8 Å². The molecule has 0 saturated carbocycles. The highest BCUT2D eigenvalue weighted by Crippen LogP contribution is 2.34. The maximum Gasteiger partial charge on any atom is 0.353 e. The van der Waals surface area contributed by atoms with E-state index in [4.69, 9.17) is 28.1 Å². The molecule has 2 aromatic heterocycles. The lowest BCUT2D eigenvalue weighted by Gasteiger charge is -2.18. The minimum Gasteiger partial charge on any atom is -0.464 e. The van der Waals surface area contributed by atoms with Crippen molar-refractivity contribution in [3.05, 3.63) is 35.1 Å². The molecule has 0 spiro atoms. The van der Waals surface area contributed by atoms with Crippen LogP contribution in [0.4, 0.5) is 0 Å². The number of esters is 2. The van der Waals surface area contributed by atoms with E-state index in [0.29, 0.717) is 5.76 Å². The van der Waals surface area contributed by atoms with Crippen LogP contribution in [-0.2, 0) is 28.1 Å². The minimum atomic E-state index is -0.862. The van der Waals surface area contributed by atoms with E-state index < -0.39 is 36.1 Å². The zero-order valence-corrected chi connectivity index (χ0v) is 16.7. The summed E-state index contributed by atoms with van der Waals surface area (Å²) in [6.45, 7) is 2.33. The van der Waals surface area contributed by atoms with Gasteiger partial charge in [-0.05, 0) is 12.1 Å². The minimum absolute atomic E-state index is 0.124. The van der Waals surface area contributed by atoms with Crippen molar-refractivity contribution in [1.82, 2.24) is 9.55 Å². The van der Waals surface area contributed by atoms with Gasteiger partial charge in [0, 0.05) is 26.5 Å². The molecule has 162 valence electrons. The zero-order valence-electron chi connectivity index (χ0n) is 15.9. The summed E-state index contributed by atoms with van der Waals surface area (Å²) in [6, 6.07) is 3.24. The van der Waals surface area contributed by atoms with E-state index in [1.165, 1.54) is 30.9 Å². The van der Waals surface area contributed by atoms with Crippen molar-refractivity contribution in [2.45, 2.75) is 38.7 Å². The van der Waals surface area contributed by atoms with Crippen molar-refractivity contribution in [2.75, 3.05) is 6.61 Å². The number of furan rings is 1. The van der Waals surface area contributed by atoms with Crippen molar-refractivity contribution < 1.29 is 42.0 Å². The first-order valence-corrected chi connectivity index (χ1v) is 9.33. The lowest BCUT2D eigenvalue weighted by atomic mass is 10.2. The Bertz CT molecular complexity index is 945. The summed E-state index contributed by atoms with van der Waals surface area (Å²) in [5, 5.41) is 8.47. The van der Waals surface area contributed by atoms with E-state index in [0.717, 1.165) is 0 Å². The number of aromatic nitrogens is 2. The van der Waals surface area contributed by atoms with Crippen LogP contribution in [0.25, 0.3) is 11.3 Å². The van der Waals surface area contributed by atoms with Crippen molar-refractivity contribution in [1.29, 1.82) is 0 Å². The predicted octanol–water partition coefficient (Wildman–Crippen LogP) is 1.72. The number of hydrogen-bond donors (Lipinski definition) is 1. The lowest BCUT2D eigenvalue weighted by molar-refractivity contribution is -0.155. The Morgan fingerprint density at radius 1 is 1.37 bits per heavy atom. The molecule has 3 heterocycles. The largest absolute Gasteiger partial charge is 0.464 e. The Kier molecular flexibility index (Phi) is 7.10. The number of carbonyl (C=O) groups excluding carboxylic acids is 2. The van der Waals surface area contributed by atoms with E-state index >= 15 is 0 Å². The predicted molar refractivity (Wildman–Crippen MR) is 98.8 cm³/mol. The molecule has 0 bridgehead atoms. The first kappa shape index (κ1) is 21.8. The Labute approximate surface area is 174 Å². The van der Waals surface area contributed by atoms with Crippen molar-refractivity contribution in [2.24, 2.45) is 0 Å². The van der Waals surface area contributed by atoms with Gasteiger partial charge in [0.25, 0.3) is 12.3 Å². The van der Waals surface area contributed by atoms with Gasteiger partial charge in [0.05, 0.1) is 11.8 Å². The van der Waals surface area contributed by atoms with Gasteiger partial charge in [-0.1, -0.05) is 0 Å². The molecule has 1 aliphatic heterocycles. The van der Waals surface area contributed by atoms with Crippen LogP contribution in [0.1, 0.15) is 26.5 Å². The summed E-state index contributed by atoms with van der Waals surface area (Å²) < 4.78 is 31.4. The summed E-state index contributed by atoms with van der Waals surface area (Å²) in [7, 11) is 0. The third-order valence-corrected chi connectivity index (χ3v) is 4.39. The van der Waals surface area contributed by atoms with E-state index in [1.807, 2.05) is 0 Å². The number of rotatable bonds is 8. The van der Waals surface area contributed by atoms with Crippen LogP contribution in [0.5, 0.6) is 5.88 Å². The van der Waals surface area contributed by atoms with Gasteiger partial charge in [-0.3, -0.25) is 14.2 Å². The van der Waals surface area contributed by atoms with Crippen LogP contribution < -0.4 is 9.87 Å². The van der Waals surface area contributed by atoms with Crippen molar-refractivity contribution >= 4 is 24.3 Å². The molecule has 0 amide bonds. The van der Waals surface area contributed by atoms with Crippen LogP contribution in [0.15, 0.2) is 33.8 Å². The fourth-order valence-corrected chi connectivity index (χ4v) is 3.15. The molecule has 30 heavy (non-hydrogen) atoms. The van der Waals surface area contributed by atoms with Gasteiger partial charge in [0.15, 0.2) is 0 Å². The molecule has 0 radical (unpaired) electrons. The maximum absolute atomic E-state index is 12.6. The van der Waals surface area contributed by atoms with Gasteiger partial charge in [-0.2, -0.15) is 4.98 Å². The molecule has 1 N–H and O–H groups in total. The molecular formula is C17H18N2O10S. The second-order valence-electron chi connectivity index (χ2n) is 6.17. The van der Waals surface area contributed by atoms with Crippen LogP contribution in [0, 0.1) is 0 Å². The van der Waals surface area contributed by atoms with Crippen molar-refractivity contribution in [3.8, 4) is 17.2 Å². The Morgan fingerprint density at radius 2 is 2.17 bits per heavy atom. The van der Waals surface area contributed by atoms with Gasteiger partial charge < -0.3 is 22.8 Å². The average Bonchev–Trinajstić information content (AvgIpc) is 3.34. The quantitative estimate of drug-likeness (QED) is 0.274. The number of nitrogens with zero attached hydrogens (tertiary/aromatic N) is 2. The maximum atomic E-state index is 12.6. The fourth-order valence-electron chi connectivity index (χ4n) is 2.93. The zero-order chi connectivity index (χ0) is 21.7. The van der Waals surface area contributed by atoms with E-state index in [9.17, 15) is 14.4 Å². The van der Waals surface area contributed by atoms with Gasteiger partial charge in [-0.25, -0.2) is 10.1 Å². The normalized spacial score (nSPS) is 20.7. The molecule has 13 heteroatoms. The lowest BCUT2D eigenvalue weighted by Crippen LogP contribution is -2.31. The summed E-state index contributed by atoms with van der Waals surface area (Å²) >= 11 is 0.202. The van der Waals surface area contributed by atoms with Crippen LogP contribution in [-0.4, -0.2) is 45.6 Å². The molecule has 3 unspecified atom stereocenters. The number of carbonyl (C=O) groups is 2. The summed E-state index contributed by atoms with van der Waals surface area (Å²) in [6.07, 6.45) is 0.572. The monoisotopic (exact) mass is 442 g/mol. The van der Waals surface area contributed by atoms with Crippen molar-refractivity contribution in [3.63, 3.8) is 0 Å². The van der Waals surface area contributed by atoms with E-state index in [2.05, 4.69) is 9.32 Å². The number of hydrogen-bond acceptors (Lipinski definition) is 12. The Balaban J connectivity index is 1.92. The van der Waals surface area contributed by atoms with E-state index in [1.54, 1.807) is 12.1 Å². The highest BCUT2D eigenvalue weighted by atomic mass is 32.2. The van der Waals surface area contributed by atoms with Crippen LogP contribution >= 0.6 is 12.3 Å². The first-order chi connectivity index (χ1) is 14.4. The average molecular weight is 442 g/mol. The molecular weight excluding hydrogens is 424 g/mol. The molecule has 3 rings (SSSR count). The molecule has 0 aromatic carbocycles. The third-order valence-electron chi connectivity index (χ3n) is 4.11. The molecule has 3 atom stereocenters. The van der Waals surface area contributed by atoms with Gasteiger partial charge in [0.2, 0.25) is 5.88 Å². The summed E-state index contributed by atoms with van der Waals surface area (Å²) in [4.78, 5) is 39.0. The highest BCUT2D eigenvalue weighted by molar-refractivity contribution is 7.90. The topological polar surface area (TPSA) is 149 Å². The standard InChI is InChI=1S/C17H18N2O10S/c1-9(20)25-8-14-13(26-10(2)21)6-15(27-14)19-7-11(12-4-3-5-24-12)16(18-17(19)22)28-30-29-23/h3-5,7,13-15,23H,6,8H2,1-2H3. The van der Waals surface area contributed by atoms with Gasteiger partial charge >= 0.3 is 17.6 Å². The number of ether oxygens (including phenoxy) is 3. The summed E-state index contributed by atoms with van der Waals surface area (Å²) in [5.41, 5.74) is -0.459. The SMILES string of the molecule is CC(=O)OCC1OC(n2cc(-c3ccco3)c(OSOO)nc2=O)CC1OC(C)=O. The van der Waals surface area contributed by atoms with Gasteiger partial charge in [0.1, 0.15) is 30.8 Å². The molecule has 12 nitrogen and oxygen atoms in total. The molecule has 2 aromatic rings. The molecule has 1 fully saturated rings. The van der Waals surface area contributed by atoms with Gasteiger partial charge in [-0.15, -0.1) is 4.33 Å². The molecule has 1 aliphatic rings. The smallest absolute Gasteiger partial charge is 0.353 e. The van der Waals surface area contributed by atoms with Crippen LogP contribution in [0.2, 0.25) is 0 Å². The van der Waals surface area contributed by atoms with Crippen LogP contribution in [0.3, 0.4) is 0 Å². The summed E-state index contributed by atoms with van der Waals surface area (Å²) in [5.74, 6) is -0.886. The first-order valence-electron chi connectivity index (χ1n) is 8.67. The Morgan fingerprint density at radius 3 is 2.80 bits per heavy atom. The Hall–Kier alpha value is -2.87. The fraction of sp³-hybridized carbons (Fsp3) is 0.412. The highest BCUT2D eigenvalue weighted by Gasteiger charge is 2.40. The molecule has 0 aliphatic carbocycles. The second kappa shape index (κ2) is 9.75.